The van der Waals surface area contributed by atoms with Crippen molar-refractivity contribution in [1.82, 2.24) is 5.32 Å². The number of carbonyl (C=O) groups is 1. The summed E-state index contributed by atoms with van der Waals surface area (Å²) in [7, 11) is 0. The molecule has 72 valence electrons. The highest BCUT2D eigenvalue weighted by atomic mass is 32.1. The van der Waals surface area contributed by atoms with Gasteiger partial charge in [0.05, 0.1) is 6.04 Å². The van der Waals surface area contributed by atoms with Gasteiger partial charge in [0.1, 0.15) is 0 Å². The lowest BCUT2D eigenvalue weighted by molar-refractivity contribution is -0.121. The van der Waals surface area contributed by atoms with Gasteiger partial charge in [-0.05, 0) is 5.92 Å². The van der Waals surface area contributed by atoms with Crippen LogP contribution in [0.25, 0.3) is 0 Å². The molecule has 0 fully saturated rings. The van der Waals surface area contributed by atoms with Gasteiger partial charge in [0.15, 0.2) is 0 Å². The van der Waals surface area contributed by atoms with Gasteiger partial charge in [0.25, 0.3) is 0 Å². The second kappa shape index (κ2) is 6.31. The van der Waals surface area contributed by atoms with Crippen molar-refractivity contribution in [3.63, 3.8) is 0 Å². The highest BCUT2D eigenvalue weighted by Gasteiger charge is 2.19. The van der Waals surface area contributed by atoms with Gasteiger partial charge in [-0.3, -0.25) is 4.79 Å². The molecule has 3 nitrogen and oxygen atoms in total. The fourth-order valence-electron chi connectivity index (χ4n) is 1.04. The maximum absolute atomic E-state index is 10.9. The molecule has 0 spiro atoms. The lowest BCUT2D eigenvalue weighted by Gasteiger charge is -2.20. The maximum Gasteiger partial charge on any atom is 0.234 e. The summed E-state index contributed by atoms with van der Waals surface area (Å²) in [5, 5.41) is 3.07. The molecule has 0 saturated carbocycles. The van der Waals surface area contributed by atoms with E-state index in [1.54, 1.807) is 0 Å². The molecular weight excluding hydrogens is 172 g/mol. The molecule has 2 unspecified atom stereocenters. The van der Waals surface area contributed by atoms with Crippen LogP contribution in [0.2, 0.25) is 0 Å². The van der Waals surface area contributed by atoms with Gasteiger partial charge in [0.2, 0.25) is 5.91 Å². The third-order valence-electron chi connectivity index (χ3n) is 2.00. The molecule has 0 aliphatic carbocycles. The largest absolute Gasteiger partial charge is 0.368 e. The van der Waals surface area contributed by atoms with Crippen molar-refractivity contribution in [2.45, 2.75) is 26.3 Å². The van der Waals surface area contributed by atoms with Gasteiger partial charge in [-0.2, -0.15) is 12.6 Å². The van der Waals surface area contributed by atoms with Crippen LogP contribution in [-0.2, 0) is 4.79 Å². The lowest BCUT2D eigenvalue weighted by Crippen LogP contribution is -2.46. The highest BCUT2D eigenvalue weighted by Crippen LogP contribution is 2.06. The number of thiol groups is 1. The van der Waals surface area contributed by atoms with Crippen LogP contribution in [-0.4, -0.2) is 24.2 Å². The Bertz CT molecular complexity index is 141. The topological polar surface area (TPSA) is 55.1 Å². The van der Waals surface area contributed by atoms with E-state index in [1.807, 2.05) is 13.8 Å². The summed E-state index contributed by atoms with van der Waals surface area (Å²) in [5.74, 6) is 0.744. The molecule has 0 heterocycles. The minimum absolute atomic E-state index is 0.206. The van der Waals surface area contributed by atoms with E-state index >= 15 is 0 Å². The van der Waals surface area contributed by atoms with Gasteiger partial charge in [0, 0.05) is 12.3 Å². The predicted molar refractivity (Wildman–Crippen MR) is 54.3 cm³/mol. The Balaban J connectivity index is 3.94. The van der Waals surface area contributed by atoms with Crippen LogP contribution in [0.4, 0.5) is 0 Å². The Morgan fingerprint density at radius 1 is 1.67 bits per heavy atom. The third kappa shape index (κ3) is 3.97. The SMILES string of the molecule is CCC(C)C(NCCS)C(N)=O. The van der Waals surface area contributed by atoms with Gasteiger partial charge in [-0.1, -0.05) is 20.3 Å². The van der Waals surface area contributed by atoms with E-state index in [1.165, 1.54) is 0 Å². The van der Waals surface area contributed by atoms with E-state index in [-0.39, 0.29) is 11.9 Å². The van der Waals surface area contributed by atoms with E-state index in [4.69, 9.17) is 5.73 Å². The average molecular weight is 190 g/mol. The second-order valence-electron chi connectivity index (χ2n) is 2.94. The van der Waals surface area contributed by atoms with Gasteiger partial charge in [-0.15, -0.1) is 0 Å². The van der Waals surface area contributed by atoms with Crippen LogP contribution >= 0.6 is 12.6 Å². The summed E-state index contributed by atoms with van der Waals surface area (Å²) in [4.78, 5) is 10.9. The molecule has 0 aromatic rings. The zero-order valence-corrected chi connectivity index (χ0v) is 8.60. The number of rotatable bonds is 6. The predicted octanol–water partition coefficient (Wildman–Crippen LogP) is 0.406. The molecule has 12 heavy (non-hydrogen) atoms. The van der Waals surface area contributed by atoms with E-state index in [0.29, 0.717) is 5.92 Å². The quantitative estimate of drug-likeness (QED) is 0.531. The zero-order valence-electron chi connectivity index (χ0n) is 7.71. The van der Waals surface area contributed by atoms with Crippen molar-refractivity contribution in [3.05, 3.63) is 0 Å². The Morgan fingerprint density at radius 2 is 2.25 bits per heavy atom. The minimum Gasteiger partial charge on any atom is -0.368 e. The van der Waals surface area contributed by atoms with Crippen molar-refractivity contribution >= 4 is 18.5 Å². The molecule has 0 aromatic heterocycles. The summed E-state index contributed by atoms with van der Waals surface area (Å²) in [6.45, 7) is 4.78. The molecule has 0 bridgehead atoms. The van der Waals surface area contributed by atoms with E-state index < -0.39 is 0 Å². The smallest absolute Gasteiger partial charge is 0.234 e. The minimum atomic E-state index is -0.272. The number of carbonyl (C=O) groups excluding carboxylic acids is 1. The van der Waals surface area contributed by atoms with Crippen molar-refractivity contribution in [2.75, 3.05) is 12.3 Å². The molecule has 0 aliphatic heterocycles. The van der Waals surface area contributed by atoms with Crippen LogP contribution in [0.1, 0.15) is 20.3 Å². The number of nitrogens with two attached hydrogens (primary N) is 1. The molecule has 0 aliphatic rings. The third-order valence-corrected chi connectivity index (χ3v) is 2.22. The maximum atomic E-state index is 10.9. The molecule has 0 aromatic carbocycles. The van der Waals surface area contributed by atoms with Crippen molar-refractivity contribution < 1.29 is 4.79 Å². The molecule has 0 radical (unpaired) electrons. The monoisotopic (exact) mass is 190 g/mol. The zero-order chi connectivity index (χ0) is 9.56. The van der Waals surface area contributed by atoms with E-state index in [2.05, 4.69) is 17.9 Å². The number of primary amides is 1. The summed E-state index contributed by atoms with van der Waals surface area (Å²) < 4.78 is 0. The van der Waals surface area contributed by atoms with Gasteiger partial charge < -0.3 is 11.1 Å². The first-order valence-corrected chi connectivity index (χ1v) is 4.90. The fourth-order valence-corrected chi connectivity index (χ4v) is 1.17. The van der Waals surface area contributed by atoms with Crippen LogP contribution in [0.5, 0.6) is 0 Å². The normalized spacial score (nSPS) is 15.6. The second-order valence-corrected chi connectivity index (χ2v) is 3.39. The number of hydrogen-bond acceptors (Lipinski definition) is 3. The molecular formula is C8H18N2OS. The van der Waals surface area contributed by atoms with Crippen molar-refractivity contribution in [1.29, 1.82) is 0 Å². The average Bonchev–Trinajstić information content (AvgIpc) is 2.04. The Kier molecular flexibility index (Phi) is 6.20. The first-order chi connectivity index (χ1) is 5.63. The fraction of sp³-hybridized carbons (Fsp3) is 0.875. The number of amides is 1. The highest BCUT2D eigenvalue weighted by molar-refractivity contribution is 7.80. The van der Waals surface area contributed by atoms with Crippen LogP contribution in [0.3, 0.4) is 0 Å². The molecule has 1 amide bonds. The molecule has 2 atom stereocenters. The Hall–Kier alpha value is -0.220. The number of nitrogens with one attached hydrogen (secondary N) is 1. The van der Waals surface area contributed by atoms with Crippen LogP contribution in [0, 0.1) is 5.92 Å². The summed E-state index contributed by atoms with van der Waals surface area (Å²) in [5.41, 5.74) is 5.23. The molecule has 4 heteroatoms. The Labute approximate surface area is 79.5 Å². The summed E-state index contributed by atoms with van der Waals surface area (Å²) in [6.07, 6.45) is 0.952. The molecule has 3 N–H and O–H groups in total. The van der Waals surface area contributed by atoms with Crippen LogP contribution in [0.15, 0.2) is 0 Å². The van der Waals surface area contributed by atoms with Gasteiger partial charge in [-0.25, -0.2) is 0 Å². The first kappa shape index (κ1) is 11.8. The first-order valence-electron chi connectivity index (χ1n) is 4.27. The van der Waals surface area contributed by atoms with Crippen LogP contribution < -0.4 is 11.1 Å². The summed E-state index contributed by atoms with van der Waals surface area (Å²) >= 11 is 4.05. The lowest BCUT2D eigenvalue weighted by atomic mass is 9.99. The van der Waals surface area contributed by atoms with Gasteiger partial charge >= 0.3 is 0 Å². The summed E-state index contributed by atoms with van der Waals surface area (Å²) in [6, 6.07) is -0.206. The standard InChI is InChI=1S/C8H18N2OS/c1-3-6(2)7(8(9)11)10-4-5-12/h6-7,10,12H,3-5H2,1-2H3,(H2,9,11). The van der Waals surface area contributed by atoms with E-state index in [0.717, 1.165) is 18.7 Å². The van der Waals surface area contributed by atoms with Crippen molar-refractivity contribution in [2.24, 2.45) is 11.7 Å². The van der Waals surface area contributed by atoms with Crippen molar-refractivity contribution in [3.8, 4) is 0 Å². The Morgan fingerprint density at radius 3 is 2.58 bits per heavy atom. The molecule has 0 saturated heterocycles. The molecule has 0 rings (SSSR count). The number of hydrogen-bond donors (Lipinski definition) is 3. The van der Waals surface area contributed by atoms with E-state index in [9.17, 15) is 4.79 Å².